The number of hydrogen-bond acceptors (Lipinski definition) is 4. The summed E-state index contributed by atoms with van der Waals surface area (Å²) >= 11 is 6.50. The van der Waals surface area contributed by atoms with Crippen LogP contribution in [0.3, 0.4) is 0 Å². The van der Waals surface area contributed by atoms with Gasteiger partial charge in [-0.15, -0.1) is 0 Å². The molecule has 0 aliphatic heterocycles. The Morgan fingerprint density at radius 2 is 1.62 bits per heavy atom. The Kier molecular flexibility index (Phi) is 12.0. The van der Waals surface area contributed by atoms with Crippen LogP contribution in [0.1, 0.15) is 55.4 Å². The second kappa shape index (κ2) is 15.2. The molecule has 1 N–H and O–H groups in total. The van der Waals surface area contributed by atoms with Gasteiger partial charge in [0.2, 0.25) is 21.8 Å². The van der Waals surface area contributed by atoms with Crippen molar-refractivity contribution >= 4 is 39.1 Å². The zero-order valence-electron chi connectivity index (χ0n) is 25.1. The van der Waals surface area contributed by atoms with Gasteiger partial charge in [-0.25, -0.2) is 8.42 Å². The van der Waals surface area contributed by atoms with Gasteiger partial charge in [0, 0.05) is 37.0 Å². The Balaban J connectivity index is 1.91. The van der Waals surface area contributed by atoms with Crippen LogP contribution in [0, 0.1) is 13.8 Å². The molecule has 0 aliphatic carbocycles. The van der Waals surface area contributed by atoms with E-state index in [0.717, 1.165) is 28.7 Å². The lowest BCUT2D eigenvalue weighted by Gasteiger charge is -2.33. The van der Waals surface area contributed by atoms with E-state index in [9.17, 15) is 18.0 Å². The summed E-state index contributed by atoms with van der Waals surface area (Å²) in [5.74, 6) is -0.481. The molecule has 0 heterocycles. The first-order chi connectivity index (χ1) is 19.9. The number of nitrogens with zero attached hydrogens (tertiary/aromatic N) is 2. The van der Waals surface area contributed by atoms with E-state index in [1.807, 2.05) is 88.4 Å². The molecule has 0 spiro atoms. The van der Waals surface area contributed by atoms with Gasteiger partial charge < -0.3 is 10.2 Å². The van der Waals surface area contributed by atoms with Crippen LogP contribution in [0.2, 0.25) is 5.02 Å². The highest BCUT2D eigenvalue weighted by Gasteiger charge is 2.31. The van der Waals surface area contributed by atoms with Gasteiger partial charge in [-0.05, 0) is 74.1 Å². The van der Waals surface area contributed by atoms with E-state index in [4.69, 9.17) is 11.6 Å². The van der Waals surface area contributed by atoms with Crippen molar-refractivity contribution in [2.24, 2.45) is 0 Å². The SMILES string of the molecule is CC[C@@H](C)NC(=O)[C@H](Cc1ccccc1)N(Cc1ccccc1Cl)C(=O)CCCN(c1ccc(C)c(C)c1)S(C)(=O)=O. The maximum Gasteiger partial charge on any atom is 0.243 e. The molecule has 0 saturated heterocycles. The molecule has 0 radical (unpaired) electrons. The molecule has 0 bridgehead atoms. The van der Waals surface area contributed by atoms with Gasteiger partial charge in [0.05, 0.1) is 11.9 Å². The van der Waals surface area contributed by atoms with Crippen molar-refractivity contribution in [2.75, 3.05) is 17.1 Å². The minimum atomic E-state index is -3.58. The normalized spacial score (nSPS) is 12.8. The van der Waals surface area contributed by atoms with E-state index in [0.29, 0.717) is 17.1 Å². The summed E-state index contributed by atoms with van der Waals surface area (Å²) in [5, 5.41) is 3.57. The number of hydrogen-bond donors (Lipinski definition) is 1. The molecule has 0 unspecified atom stereocenters. The highest BCUT2D eigenvalue weighted by molar-refractivity contribution is 7.92. The summed E-state index contributed by atoms with van der Waals surface area (Å²) in [6.45, 7) is 8.12. The third-order valence-electron chi connectivity index (χ3n) is 7.50. The molecule has 0 saturated carbocycles. The zero-order chi connectivity index (χ0) is 30.9. The lowest BCUT2D eigenvalue weighted by atomic mass is 10.0. The second-order valence-corrected chi connectivity index (χ2v) is 13.2. The average Bonchev–Trinajstić information content (AvgIpc) is 2.95. The Bertz CT molecular complexity index is 1460. The summed E-state index contributed by atoms with van der Waals surface area (Å²) < 4.78 is 26.8. The van der Waals surface area contributed by atoms with Gasteiger partial charge in [0.15, 0.2) is 0 Å². The summed E-state index contributed by atoms with van der Waals surface area (Å²) in [7, 11) is -3.58. The molecule has 9 heteroatoms. The van der Waals surface area contributed by atoms with Crippen LogP contribution in [-0.4, -0.2) is 50.0 Å². The summed E-state index contributed by atoms with van der Waals surface area (Å²) in [5.41, 5.74) is 4.28. The standard InChI is InChI=1S/C33H42ClN3O4S/c1-6-26(4)35-33(39)31(22-27-13-8-7-9-14-27)36(23-28-15-10-11-16-30(28)34)32(38)17-12-20-37(42(5,40)41)29-19-18-24(2)25(3)21-29/h7-11,13-16,18-19,21,26,31H,6,12,17,20,22-23H2,1-5H3,(H,35,39)/t26-,31+/m1/s1. The molecular formula is C33H42ClN3O4S. The van der Waals surface area contributed by atoms with E-state index in [1.54, 1.807) is 17.0 Å². The first-order valence-electron chi connectivity index (χ1n) is 14.3. The number of aryl methyl sites for hydroxylation is 2. The third kappa shape index (κ3) is 9.33. The van der Waals surface area contributed by atoms with Crippen molar-refractivity contribution < 1.29 is 18.0 Å². The predicted octanol–water partition coefficient (Wildman–Crippen LogP) is 6.06. The number of anilines is 1. The minimum Gasteiger partial charge on any atom is -0.352 e. The highest BCUT2D eigenvalue weighted by atomic mass is 35.5. The van der Waals surface area contributed by atoms with Crippen LogP contribution in [0.5, 0.6) is 0 Å². The molecule has 42 heavy (non-hydrogen) atoms. The number of carbonyl (C=O) groups excluding carboxylic acids is 2. The molecule has 0 aliphatic rings. The molecule has 7 nitrogen and oxygen atoms in total. The lowest BCUT2D eigenvalue weighted by molar-refractivity contribution is -0.141. The fourth-order valence-corrected chi connectivity index (χ4v) is 5.84. The van der Waals surface area contributed by atoms with Gasteiger partial charge in [0.1, 0.15) is 6.04 Å². The number of carbonyl (C=O) groups is 2. The molecule has 226 valence electrons. The smallest absolute Gasteiger partial charge is 0.243 e. The number of nitrogens with one attached hydrogen (secondary N) is 1. The number of benzene rings is 3. The Morgan fingerprint density at radius 3 is 2.24 bits per heavy atom. The van der Waals surface area contributed by atoms with Crippen molar-refractivity contribution in [1.82, 2.24) is 10.2 Å². The molecular weight excluding hydrogens is 570 g/mol. The van der Waals surface area contributed by atoms with Gasteiger partial charge in [-0.2, -0.15) is 0 Å². The van der Waals surface area contributed by atoms with Gasteiger partial charge in [-0.1, -0.05) is 73.1 Å². The first kappa shape index (κ1) is 33.1. The predicted molar refractivity (Wildman–Crippen MR) is 171 cm³/mol. The van der Waals surface area contributed by atoms with Crippen LogP contribution in [0.4, 0.5) is 5.69 Å². The topological polar surface area (TPSA) is 86.8 Å². The first-order valence-corrected chi connectivity index (χ1v) is 16.6. The summed E-state index contributed by atoms with van der Waals surface area (Å²) in [6.07, 6.45) is 2.59. The molecule has 2 atom stereocenters. The van der Waals surface area contributed by atoms with Crippen LogP contribution in [-0.2, 0) is 32.6 Å². The molecule has 0 fully saturated rings. The number of halogens is 1. The maximum atomic E-state index is 14.0. The van der Waals surface area contributed by atoms with Gasteiger partial charge >= 0.3 is 0 Å². The van der Waals surface area contributed by atoms with E-state index in [2.05, 4.69) is 5.32 Å². The molecule has 2 amide bonds. The average molecular weight is 612 g/mol. The van der Waals surface area contributed by atoms with Crippen LogP contribution in [0.25, 0.3) is 0 Å². The van der Waals surface area contributed by atoms with Crippen molar-refractivity contribution in [2.45, 2.75) is 72.0 Å². The van der Waals surface area contributed by atoms with E-state index >= 15 is 0 Å². The lowest BCUT2D eigenvalue weighted by Crippen LogP contribution is -2.52. The Labute approximate surface area is 255 Å². The monoisotopic (exact) mass is 611 g/mol. The molecule has 3 aromatic carbocycles. The van der Waals surface area contributed by atoms with Crippen molar-refractivity contribution in [3.05, 3.63) is 100 Å². The number of amides is 2. The maximum absolute atomic E-state index is 14.0. The van der Waals surface area contributed by atoms with E-state index in [-0.39, 0.29) is 43.8 Å². The van der Waals surface area contributed by atoms with Crippen molar-refractivity contribution in [3.8, 4) is 0 Å². The summed E-state index contributed by atoms with van der Waals surface area (Å²) in [4.78, 5) is 29.2. The fraction of sp³-hybridized carbons (Fsp3) is 0.394. The minimum absolute atomic E-state index is 0.0587. The highest BCUT2D eigenvalue weighted by Crippen LogP contribution is 2.24. The third-order valence-corrected chi connectivity index (χ3v) is 9.06. The van der Waals surface area contributed by atoms with Gasteiger partial charge in [0.25, 0.3) is 0 Å². The summed E-state index contributed by atoms with van der Waals surface area (Å²) in [6, 6.07) is 21.6. The number of rotatable bonds is 14. The van der Waals surface area contributed by atoms with Gasteiger partial charge in [-0.3, -0.25) is 13.9 Å². The quantitative estimate of drug-likeness (QED) is 0.240. The molecule has 3 aromatic rings. The van der Waals surface area contributed by atoms with Crippen molar-refractivity contribution in [1.29, 1.82) is 0 Å². The van der Waals surface area contributed by atoms with Crippen LogP contribution >= 0.6 is 11.6 Å². The van der Waals surface area contributed by atoms with E-state index < -0.39 is 16.1 Å². The van der Waals surface area contributed by atoms with Crippen molar-refractivity contribution in [3.63, 3.8) is 0 Å². The van der Waals surface area contributed by atoms with Crippen LogP contribution < -0.4 is 9.62 Å². The fourth-order valence-electron chi connectivity index (χ4n) is 4.69. The zero-order valence-corrected chi connectivity index (χ0v) is 26.7. The second-order valence-electron chi connectivity index (χ2n) is 10.8. The largest absolute Gasteiger partial charge is 0.352 e. The molecule has 0 aromatic heterocycles. The molecule has 3 rings (SSSR count). The number of sulfonamides is 1. The van der Waals surface area contributed by atoms with Crippen LogP contribution in [0.15, 0.2) is 72.8 Å². The van der Waals surface area contributed by atoms with E-state index in [1.165, 1.54) is 10.6 Å². The Morgan fingerprint density at radius 1 is 0.952 bits per heavy atom. The Hall–Kier alpha value is -3.36.